The number of unbranched alkanes of at least 4 members (excludes halogenated alkanes) is 2. The van der Waals surface area contributed by atoms with Gasteiger partial charge in [-0.25, -0.2) is 18.7 Å². The lowest BCUT2D eigenvalue weighted by Gasteiger charge is -2.29. The van der Waals surface area contributed by atoms with Crippen molar-refractivity contribution in [2.24, 2.45) is 0 Å². The van der Waals surface area contributed by atoms with Crippen LogP contribution in [0.2, 0.25) is 0 Å². The summed E-state index contributed by atoms with van der Waals surface area (Å²) in [6.45, 7) is 3.37. The minimum atomic E-state index is -0.750. The first-order chi connectivity index (χ1) is 36.5. The zero-order valence-electron chi connectivity index (χ0n) is 41.7. The fourth-order valence-electron chi connectivity index (χ4n) is 8.39. The number of halogens is 2. The predicted octanol–water partition coefficient (Wildman–Crippen LogP) is 4.43. The molecule has 2 aromatic heterocycles. The molecule has 3 aromatic carbocycles. The van der Waals surface area contributed by atoms with Crippen LogP contribution in [0.25, 0.3) is 11.5 Å². The summed E-state index contributed by atoms with van der Waals surface area (Å²) in [4.78, 5) is 87.0. The minimum Gasteiger partial charge on any atom is -0.379 e. The highest BCUT2D eigenvalue weighted by Crippen LogP contribution is 2.32. The van der Waals surface area contributed by atoms with Gasteiger partial charge in [-0.3, -0.25) is 34.1 Å². The summed E-state index contributed by atoms with van der Waals surface area (Å²) < 4.78 is 52.4. The van der Waals surface area contributed by atoms with E-state index in [1.54, 1.807) is 66.7 Å². The molecule has 21 nitrogen and oxygen atoms in total. The molecule has 1 unspecified atom stereocenters. The van der Waals surface area contributed by atoms with Crippen LogP contribution in [0.15, 0.2) is 79.3 Å². The summed E-state index contributed by atoms with van der Waals surface area (Å²) >= 11 is 0. The molecule has 75 heavy (non-hydrogen) atoms. The Hall–Kier alpha value is -7.60. The fourth-order valence-corrected chi connectivity index (χ4v) is 8.39. The highest BCUT2D eigenvalue weighted by Gasteiger charge is 2.40. The average Bonchev–Trinajstić information content (AvgIpc) is 3.98. The molecule has 0 aliphatic carbocycles. The normalized spacial score (nSPS) is 14.1. The van der Waals surface area contributed by atoms with Gasteiger partial charge in [-0.1, -0.05) is 24.6 Å². The van der Waals surface area contributed by atoms with Crippen molar-refractivity contribution in [1.29, 1.82) is 0 Å². The summed E-state index contributed by atoms with van der Waals surface area (Å²) in [5, 5.41) is 19.7. The first-order valence-electron chi connectivity index (χ1n) is 24.8. The lowest BCUT2D eigenvalue weighted by atomic mass is 10.0. The van der Waals surface area contributed by atoms with Crippen molar-refractivity contribution in [2.45, 2.75) is 77.2 Å². The number of amides is 6. The molecule has 1 saturated heterocycles. The number of ether oxygens (including phenoxy) is 4. The highest BCUT2D eigenvalue weighted by molar-refractivity contribution is 6.07. The quantitative estimate of drug-likeness (QED) is 0.0367. The molecule has 0 radical (unpaired) electrons. The molecule has 23 heteroatoms. The summed E-state index contributed by atoms with van der Waals surface area (Å²) in [6, 6.07) is 16.2. The van der Waals surface area contributed by atoms with Crippen LogP contribution in [0.4, 0.5) is 20.2 Å². The SMILES string of the molecule is CN(CCCn1c(CNc2cccc(C(=O)NCc3c(F)cccc3F)c2)nnc1-c1ccncn1)C(=O)CCCCCOCCOCCOCCOCC(=O)Nc1cccc2c1CN(C1CCC(=O)NC1=O)C2=O. The van der Waals surface area contributed by atoms with E-state index >= 15 is 0 Å². The number of nitrogens with one attached hydrogen (secondary N) is 4. The predicted molar refractivity (Wildman–Crippen MR) is 267 cm³/mol. The van der Waals surface area contributed by atoms with Crippen LogP contribution < -0.4 is 21.3 Å². The summed E-state index contributed by atoms with van der Waals surface area (Å²) in [5.41, 5.74) is 2.74. The van der Waals surface area contributed by atoms with Gasteiger partial charge in [0.2, 0.25) is 23.6 Å². The van der Waals surface area contributed by atoms with Crippen LogP contribution >= 0.6 is 0 Å². The van der Waals surface area contributed by atoms with Gasteiger partial charge in [0.05, 0.1) is 46.2 Å². The molecule has 4 heterocycles. The Kier molecular flexibility index (Phi) is 20.7. The second kappa shape index (κ2) is 28.2. The highest BCUT2D eigenvalue weighted by atomic mass is 19.1. The second-order valence-electron chi connectivity index (χ2n) is 17.7. The van der Waals surface area contributed by atoms with Crippen molar-refractivity contribution in [2.75, 3.05) is 77.1 Å². The Balaban J connectivity index is 0.704. The standard InChI is InChI=1S/C52H61F2N11O10/c1-63(20-8-21-64-45(61-62-49(64)43-18-19-55-34-58-43)31-56-36-10-5-9-35(29-36)50(69)57-30-38-40(53)12-7-13-41(38)54)48(68)15-3-2-4-22-72-23-24-73-25-26-74-27-28-75-33-47(67)59-42-14-6-11-37-39(42)32-65(52(37)71)44-16-17-46(66)60-51(44)70/h5-7,9-14,18-19,29,34,44,56H,2-4,8,15-17,20-28,30-33H2,1H3,(H,57,69)(H,59,67)(H,60,66,70). The van der Waals surface area contributed by atoms with E-state index in [9.17, 15) is 37.5 Å². The van der Waals surface area contributed by atoms with E-state index < -0.39 is 35.4 Å². The van der Waals surface area contributed by atoms with Crippen molar-refractivity contribution in [3.63, 3.8) is 0 Å². The topological polar surface area (TPSA) is 250 Å². The number of carbonyl (C=O) groups excluding carboxylic acids is 6. The first kappa shape index (κ1) is 55.2. The molecule has 0 bridgehead atoms. The zero-order valence-corrected chi connectivity index (χ0v) is 41.7. The number of hydrogen-bond donors (Lipinski definition) is 4. The molecular formula is C52H61F2N11O10. The average molecular weight is 1040 g/mol. The van der Waals surface area contributed by atoms with Gasteiger partial charge in [0.15, 0.2) is 11.6 Å². The molecule has 398 valence electrons. The second-order valence-corrected chi connectivity index (χ2v) is 17.7. The largest absolute Gasteiger partial charge is 0.379 e. The maximum atomic E-state index is 14.1. The van der Waals surface area contributed by atoms with Gasteiger partial charge < -0.3 is 49.3 Å². The third-order valence-electron chi connectivity index (χ3n) is 12.4. The third-order valence-corrected chi connectivity index (χ3v) is 12.4. The summed E-state index contributed by atoms with van der Waals surface area (Å²) in [5.74, 6) is -2.38. The molecule has 7 rings (SSSR count). The summed E-state index contributed by atoms with van der Waals surface area (Å²) in [7, 11) is 1.79. The van der Waals surface area contributed by atoms with Crippen LogP contribution in [0.1, 0.15) is 82.6 Å². The van der Waals surface area contributed by atoms with Gasteiger partial charge in [0.25, 0.3) is 11.8 Å². The first-order valence-corrected chi connectivity index (χ1v) is 24.8. The molecule has 0 spiro atoms. The Labute approximate surface area is 432 Å². The molecule has 6 amide bonds. The molecule has 1 atom stereocenters. The minimum absolute atomic E-state index is 0.0431. The number of rotatable bonds is 30. The lowest BCUT2D eigenvalue weighted by molar-refractivity contribution is -0.137. The number of aromatic nitrogens is 5. The third kappa shape index (κ3) is 15.9. The van der Waals surface area contributed by atoms with Crippen molar-refractivity contribution in [1.82, 2.24) is 45.2 Å². The Bertz CT molecular complexity index is 2750. The molecule has 2 aliphatic heterocycles. The fraction of sp³-hybridized carbons (Fsp3) is 0.423. The van der Waals surface area contributed by atoms with Gasteiger partial charge >= 0.3 is 0 Å². The van der Waals surface area contributed by atoms with Crippen LogP contribution in [0, 0.1) is 11.6 Å². The van der Waals surface area contributed by atoms with E-state index in [1.807, 2.05) is 4.57 Å². The zero-order chi connectivity index (χ0) is 52.9. The molecule has 1 fully saturated rings. The number of benzene rings is 3. The Morgan fingerprint density at radius 1 is 0.827 bits per heavy atom. The number of imide groups is 1. The molecular weight excluding hydrogens is 977 g/mol. The monoisotopic (exact) mass is 1040 g/mol. The number of nitrogens with zero attached hydrogens (tertiary/aromatic N) is 7. The number of hydrogen-bond acceptors (Lipinski definition) is 15. The molecule has 4 N–H and O–H groups in total. The number of piperidine rings is 1. The van der Waals surface area contributed by atoms with Gasteiger partial charge in [0.1, 0.15) is 36.3 Å². The van der Waals surface area contributed by atoms with Gasteiger partial charge in [-0.2, -0.15) is 0 Å². The van der Waals surface area contributed by atoms with Crippen molar-refractivity contribution >= 4 is 46.8 Å². The van der Waals surface area contributed by atoms with Gasteiger partial charge in [-0.05, 0) is 74.2 Å². The summed E-state index contributed by atoms with van der Waals surface area (Å²) in [6.07, 6.45) is 6.84. The maximum Gasteiger partial charge on any atom is 0.255 e. The van der Waals surface area contributed by atoms with Crippen LogP contribution in [-0.2, 0) is 64.3 Å². The van der Waals surface area contributed by atoms with E-state index in [2.05, 4.69) is 41.4 Å². The van der Waals surface area contributed by atoms with Gasteiger partial charge in [0, 0.05) is 92.5 Å². The van der Waals surface area contributed by atoms with E-state index in [0.717, 1.165) is 31.4 Å². The van der Waals surface area contributed by atoms with Gasteiger partial charge in [-0.15, -0.1) is 10.2 Å². The van der Waals surface area contributed by atoms with Crippen LogP contribution in [0.5, 0.6) is 0 Å². The molecule has 5 aromatic rings. The number of fused-ring (bicyclic) bond motifs is 1. The van der Waals surface area contributed by atoms with Crippen molar-refractivity contribution in [3.8, 4) is 11.5 Å². The number of carbonyl (C=O) groups is 6. The molecule has 2 aliphatic rings. The lowest BCUT2D eigenvalue weighted by Crippen LogP contribution is -2.52. The number of anilines is 2. The maximum absolute atomic E-state index is 14.1. The van der Waals surface area contributed by atoms with Crippen molar-refractivity contribution in [3.05, 3.63) is 119 Å². The van der Waals surface area contributed by atoms with E-state index in [4.69, 9.17) is 18.9 Å². The van der Waals surface area contributed by atoms with E-state index in [1.165, 1.54) is 17.3 Å². The van der Waals surface area contributed by atoms with E-state index in [-0.39, 0.29) is 75.6 Å². The molecule has 0 saturated carbocycles. The van der Waals surface area contributed by atoms with Crippen molar-refractivity contribution < 1.29 is 56.5 Å². The van der Waals surface area contributed by atoms with E-state index in [0.29, 0.717) is 104 Å². The Morgan fingerprint density at radius 3 is 2.31 bits per heavy atom. The Morgan fingerprint density at radius 2 is 1.56 bits per heavy atom. The van der Waals surface area contributed by atoms with Crippen LogP contribution in [-0.4, -0.2) is 142 Å². The van der Waals surface area contributed by atoms with Crippen LogP contribution in [0.3, 0.4) is 0 Å². The smallest absolute Gasteiger partial charge is 0.255 e.